The average molecular weight is 455 g/mol. The van der Waals surface area contributed by atoms with Crippen molar-refractivity contribution in [1.82, 2.24) is 4.57 Å². The molecule has 1 atom stereocenters. The van der Waals surface area contributed by atoms with Crippen LogP contribution < -0.4 is 24.4 Å². The molecule has 9 heteroatoms. The number of nitrogens with zero attached hydrogens (tertiary/aromatic N) is 2. The summed E-state index contributed by atoms with van der Waals surface area (Å²) in [5.74, 6) is 0.886. The Morgan fingerprint density at radius 2 is 2.16 bits per heavy atom. The zero-order chi connectivity index (χ0) is 21.5. The summed E-state index contributed by atoms with van der Waals surface area (Å²) >= 11 is 2.79. The minimum Gasteiger partial charge on any atom is -0.463 e. The second-order valence-corrected chi connectivity index (χ2v) is 8.92. The minimum absolute atomic E-state index is 0.192. The zero-order valence-electron chi connectivity index (χ0n) is 16.8. The van der Waals surface area contributed by atoms with Crippen LogP contribution >= 0.6 is 22.7 Å². The maximum absolute atomic E-state index is 13.4. The van der Waals surface area contributed by atoms with Crippen molar-refractivity contribution in [3.05, 3.63) is 77.1 Å². The first-order valence-corrected chi connectivity index (χ1v) is 11.4. The molecule has 1 aromatic carbocycles. The number of hydrogen-bond donors (Lipinski definition) is 0. The molecule has 7 nitrogen and oxygen atoms in total. The number of thiophene rings is 1. The van der Waals surface area contributed by atoms with Gasteiger partial charge in [-0.3, -0.25) is 9.36 Å². The molecule has 2 aliphatic heterocycles. The summed E-state index contributed by atoms with van der Waals surface area (Å²) in [6.07, 6.45) is 1.81. The molecule has 0 radical (unpaired) electrons. The van der Waals surface area contributed by atoms with Gasteiger partial charge >= 0.3 is 5.97 Å². The molecule has 0 fully saturated rings. The number of ether oxygens (including phenoxy) is 3. The zero-order valence-corrected chi connectivity index (χ0v) is 18.4. The van der Waals surface area contributed by atoms with Crippen LogP contribution in [0.2, 0.25) is 0 Å². The summed E-state index contributed by atoms with van der Waals surface area (Å²) in [5.41, 5.74) is 1.58. The van der Waals surface area contributed by atoms with Gasteiger partial charge in [0, 0.05) is 4.88 Å². The summed E-state index contributed by atoms with van der Waals surface area (Å²) < 4.78 is 18.2. The maximum Gasteiger partial charge on any atom is 0.338 e. The van der Waals surface area contributed by atoms with Gasteiger partial charge < -0.3 is 14.2 Å². The third-order valence-corrected chi connectivity index (χ3v) is 6.93. The van der Waals surface area contributed by atoms with Crippen molar-refractivity contribution in [1.29, 1.82) is 0 Å². The van der Waals surface area contributed by atoms with Crippen LogP contribution in [0.25, 0.3) is 6.08 Å². The van der Waals surface area contributed by atoms with Gasteiger partial charge in [-0.1, -0.05) is 23.5 Å². The first kappa shape index (κ1) is 19.8. The summed E-state index contributed by atoms with van der Waals surface area (Å²) in [6.45, 7) is 3.98. The van der Waals surface area contributed by atoms with Crippen molar-refractivity contribution < 1.29 is 19.0 Å². The third kappa shape index (κ3) is 3.39. The van der Waals surface area contributed by atoms with Crippen LogP contribution in [-0.2, 0) is 9.53 Å². The monoisotopic (exact) mass is 454 g/mol. The Labute approximate surface area is 185 Å². The Kier molecular flexibility index (Phi) is 4.99. The summed E-state index contributed by atoms with van der Waals surface area (Å²) in [7, 11) is 0. The Hall–Kier alpha value is -3.17. The van der Waals surface area contributed by atoms with Gasteiger partial charge in [0.1, 0.15) is 6.04 Å². The molecule has 0 bridgehead atoms. The molecular formula is C22H18N2O5S2. The van der Waals surface area contributed by atoms with Crippen molar-refractivity contribution >= 4 is 34.7 Å². The SMILES string of the molecule is CCOC(=O)C1=C(C)N=c2s/c(=C\c3ccc4c(c3)OCO4)c(=O)n2C1c1cccs1. The van der Waals surface area contributed by atoms with Gasteiger partial charge in [0.2, 0.25) is 6.79 Å². The van der Waals surface area contributed by atoms with Crippen molar-refractivity contribution in [2.75, 3.05) is 13.4 Å². The van der Waals surface area contributed by atoms with E-state index in [1.165, 1.54) is 22.7 Å². The molecule has 2 aromatic heterocycles. The largest absolute Gasteiger partial charge is 0.463 e. The lowest BCUT2D eigenvalue weighted by Crippen LogP contribution is -2.39. The van der Waals surface area contributed by atoms with E-state index in [1.54, 1.807) is 24.5 Å². The van der Waals surface area contributed by atoms with Gasteiger partial charge in [-0.15, -0.1) is 11.3 Å². The van der Waals surface area contributed by atoms with Crippen LogP contribution in [0.4, 0.5) is 0 Å². The van der Waals surface area contributed by atoms with Crippen LogP contribution in [0.1, 0.15) is 30.3 Å². The van der Waals surface area contributed by atoms with E-state index in [1.807, 2.05) is 35.7 Å². The number of hydrogen-bond acceptors (Lipinski definition) is 8. The number of benzene rings is 1. The predicted octanol–water partition coefficient (Wildman–Crippen LogP) is 2.59. The van der Waals surface area contributed by atoms with E-state index in [0.29, 0.717) is 32.1 Å². The fourth-order valence-electron chi connectivity index (χ4n) is 3.66. The summed E-state index contributed by atoms with van der Waals surface area (Å²) in [4.78, 5) is 32.2. The van der Waals surface area contributed by atoms with E-state index in [0.717, 1.165) is 10.4 Å². The topological polar surface area (TPSA) is 79.1 Å². The first-order valence-electron chi connectivity index (χ1n) is 9.69. The van der Waals surface area contributed by atoms with Gasteiger partial charge in [0.15, 0.2) is 16.3 Å². The molecule has 31 heavy (non-hydrogen) atoms. The van der Waals surface area contributed by atoms with Gasteiger partial charge in [0.05, 0.1) is 22.4 Å². The minimum atomic E-state index is -0.561. The lowest BCUT2D eigenvalue weighted by atomic mass is 10.0. The molecule has 0 N–H and O–H groups in total. The molecule has 158 valence electrons. The molecule has 0 saturated heterocycles. The molecule has 0 amide bonds. The molecule has 4 heterocycles. The Bertz CT molecular complexity index is 1380. The highest BCUT2D eigenvalue weighted by atomic mass is 32.1. The predicted molar refractivity (Wildman–Crippen MR) is 117 cm³/mol. The van der Waals surface area contributed by atoms with E-state index >= 15 is 0 Å². The number of thiazole rings is 1. The summed E-state index contributed by atoms with van der Waals surface area (Å²) in [5, 5.41) is 1.93. The maximum atomic E-state index is 13.4. The molecule has 2 aliphatic rings. The van der Waals surface area contributed by atoms with Crippen molar-refractivity contribution in [2.24, 2.45) is 4.99 Å². The molecule has 0 aliphatic carbocycles. The van der Waals surface area contributed by atoms with Gasteiger partial charge in [-0.05, 0) is 49.1 Å². The van der Waals surface area contributed by atoms with Crippen LogP contribution in [0, 0.1) is 0 Å². The Morgan fingerprint density at radius 1 is 1.32 bits per heavy atom. The van der Waals surface area contributed by atoms with Gasteiger partial charge in [-0.2, -0.15) is 0 Å². The number of aromatic nitrogens is 1. The number of esters is 1. The quantitative estimate of drug-likeness (QED) is 0.567. The molecule has 0 spiro atoms. The molecule has 1 unspecified atom stereocenters. The van der Waals surface area contributed by atoms with E-state index in [2.05, 4.69) is 4.99 Å². The van der Waals surface area contributed by atoms with Crippen molar-refractivity contribution in [2.45, 2.75) is 19.9 Å². The van der Waals surface area contributed by atoms with E-state index in [9.17, 15) is 9.59 Å². The molecule has 0 saturated carbocycles. The highest BCUT2D eigenvalue weighted by molar-refractivity contribution is 7.10. The van der Waals surface area contributed by atoms with Gasteiger partial charge in [-0.25, -0.2) is 9.79 Å². The summed E-state index contributed by atoms with van der Waals surface area (Å²) in [6, 6.07) is 8.80. The fourth-order valence-corrected chi connectivity index (χ4v) is 5.53. The van der Waals surface area contributed by atoms with Crippen LogP contribution in [0.5, 0.6) is 11.5 Å². The van der Waals surface area contributed by atoms with E-state index < -0.39 is 12.0 Å². The van der Waals surface area contributed by atoms with Gasteiger partial charge in [0.25, 0.3) is 5.56 Å². The molecular weight excluding hydrogens is 436 g/mol. The Morgan fingerprint density at radius 3 is 2.94 bits per heavy atom. The third-order valence-electron chi connectivity index (χ3n) is 5.02. The molecule has 3 aromatic rings. The van der Waals surface area contributed by atoms with Crippen molar-refractivity contribution in [3.63, 3.8) is 0 Å². The lowest BCUT2D eigenvalue weighted by Gasteiger charge is -2.23. The fraction of sp³-hybridized carbons (Fsp3) is 0.227. The van der Waals surface area contributed by atoms with E-state index in [4.69, 9.17) is 14.2 Å². The Balaban J connectivity index is 1.68. The second-order valence-electron chi connectivity index (χ2n) is 6.93. The van der Waals surface area contributed by atoms with Crippen LogP contribution in [0.3, 0.4) is 0 Å². The number of carbonyl (C=O) groups is 1. The first-order chi connectivity index (χ1) is 15.1. The lowest BCUT2D eigenvalue weighted by molar-refractivity contribution is -0.139. The van der Waals surface area contributed by atoms with E-state index in [-0.39, 0.29) is 19.0 Å². The van der Waals surface area contributed by atoms with Crippen molar-refractivity contribution in [3.8, 4) is 11.5 Å². The molecule has 5 rings (SSSR count). The van der Waals surface area contributed by atoms with Crippen LogP contribution in [-0.4, -0.2) is 23.9 Å². The number of rotatable bonds is 4. The number of fused-ring (bicyclic) bond motifs is 2. The highest BCUT2D eigenvalue weighted by Gasteiger charge is 2.33. The normalized spacial score (nSPS) is 17.5. The van der Waals surface area contributed by atoms with Crippen LogP contribution in [0.15, 0.2) is 56.8 Å². The average Bonchev–Trinajstić information content (AvgIpc) is 3.48. The smallest absolute Gasteiger partial charge is 0.338 e. The standard InChI is InChI=1S/C22H18N2O5S2/c1-3-27-21(26)18-12(2)23-22-24(19(18)16-5-4-8-30-16)20(25)17(31-22)10-13-6-7-14-15(9-13)29-11-28-14/h4-10,19H,3,11H2,1-2H3/b17-10-. The highest BCUT2D eigenvalue weighted by Crippen LogP contribution is 2.34. The number of carbonyl (C=O) groups excluding carboxylic acids is 1. The number of allylic oxidation sites excluding steroid dienone is 1. The second kappa shape index (κ2) is 7.82.